The molecule has 7 heteroatoms. The van der Waals surface area contributed by atoms with Crippen molar-refractivity contribution < 1.29 is 9.47 Å². The predicted octanol–water partition coefficient (Wildman–Crippen LogP) is 3.11. The summed E-state index contributed by atoms with van der Waals surface area (Å²) in [6, 6.07) is 14.4. The highest BCUT2D eigenvalue weighted by molar-refractivity contribution is 14.0. The Hall–Kier alpha value is -1.58. The van der Waals surface area contributed by atoms with Gasteiger partial charge in [-0.2, -0.15) is 0 Å². The van der Waals surface area contributed by atoms with Crippen LogP contribution in [-0.4, -0.2) is 69.9 Å². The van der Waals surface area contributed by atoms with Crippen LogP contribution in [0, 0.1) is 0 Å². The van der Waals surface area contributed by atoms with E-state index in [-0.39, 0.29) is 24.0 Å². The van der Waals surface area contributed by atoms with Crippen LogP contribution < -0.4 is 15.4 Å². The minimum absolute atomic E-state index is 0. The van der Waals surface area contributed by atoms with E-state index in [1.807, 2.05) is 24.3 Å². The van der Waals surface area contributed by atoms with Gasteiger partial charge in [-0.05, 0) is 24.8 Å². The van der Waals surface area contributed by atoms with Crippen molar-refractivity contribution in [2.45, 2.75) is 13.3 Å². The van der Waals surface area contributed by atoms with Crippen molar-refractivity contribution in [3.05, 3.63) is 42.5 Å². The van der Waals surface area contributed by atoms with Gasteiger partial charge in [0.05, 0.1) is 19.8 Å². The van der Waals surface area contributed by atoms with Gasteiger partial charge in [0.1, 0.15) is 12.4 Å². The fourth-order valence-electron chi connectivity index (χ4n) is 3.30. The summed E-state index contributed by atoms with van der Waals surface area (Å²) in [6.45, 7) is 9.89. The molecule has 160 valence electrons. The second-order valence-electron chi connectivity index (χ2n) is 6.82. The quantitative estimate of drug-likeness (QED) is 0.234. The number of nitrogens with one attached hydrogen (secondary N) is 2. The highest BCUT2D eigenvalue weighted by atomic mass is 127. The second-order valence-corrected chi connectivity index (χ2v) is 6.82. The third kappa shape index (κ3) is 7.98. The molecule has 29 heavy (non-hydrogen) atoms. The fourth-order valence-corrected chi connectivity index (χ4v) is 3.30. The van der Waals surface area contributed by atoms with Crippen LogP contribution in [0.5, 0.6) is 5.75 Å². The molecule has 0 atom stereocenters. The van der Waals surface area contributed by atoms with E-state index >= 15 is 0 Å². The van der Waals surface area contributed by atoms with E-state index < -0.39 is 0 Å². The zero-order chi connectivity index (χ0) is 19.4. The first-order valence-corrected chi connectivity index (χ1v) is 10.3. The average Bonchev–Trinajstić information content (AvgIpc) is 2.75. The first-order valence-electron chi connectivity index (χ1n) is 10.3. The molecule has 2 aromatic carbocycles. The molecule has 2 N–H and O–H groups in total. The molecule has 0 spiro atoms. The molecule has 0 bridgehead atoms. The lowest BCUT2D eigenvalue weighted by Crippen LogP contribution is -2.40. The molecule has 6 nitrogen and oxygen atoms in total. The Kier molecular flexibility index (Phi) is 11.1. The summed E-state index contributed by atoms with van der Waals surface area (Å²) in [6.07, 6.45) is 1.06. The van der Waals surface area contributed by atoms with Crippen LogP contribution in [0.2, 0.25) is 0 Å². The Morgan fingerprint density at radius 3 is 2.72 bits per heavy atom. The standard InChI is InChI=1S/C22H32N4O2.HI/c1-2-23-22(24-11-6-13-26-14-17-27-18-15-26)25-12-16-28-21-10-5-8-19-7-3-4-9-20(19)21;/h3-5,7-10H,2,6,11-18H2,1H3,(H2,23,24,25);1H. The number of morpholine rings is 1. The van der Waals surface area contributed by atoms with Crippen LogP contribution in [-0.2, 0) is 4.74 Å². The Morgan fingerprint density at radius 2 is 1.90 bits per heavy atom. The van der Waals surface area contributed by atoms with Crippen molar-refractivity contribution >= 4 is 40.7 Å². The summed E-state index contributed by atoms with van der Waals surface area (Å²) in [4.78, 5) is 7.12. The monoisotopic (exact) mass is 512 g/mol. The number of hydrogen-bond acceptors (Lipinski definition) is 4. The molecular weight excluding hydrogens is 479 g/mol. The molecule has 0 unspecified atom stereocenters. The molecule has 1 aliphatic heterocycles. The van der Waals surface area contributed by atoms with Crippen LogP contribution in [0.15, 0.2) is 47.5 Å². The van der Waals surface area contributed by atoms with Gasteiger partial charge in [0.25, 0.3) is 0 Å². The van der Waals surface area contributed by atoms with Gasteiger partial charge in [-0.15, -0.1) is 24.0 Å². The van der Waals surface area contributed by atoms with E-state index in [4.69, 9.17) is 9.47 Å². The van der Waals surface area contributed by atoms with Gasteiger partial charge in [0.15, 0.2) is 5.96 Å². The number of guanidine groups is 1. The second kappa shape index (κ2) is 13.6. The van der Waals surface area contributed by atoms with Gasteiger partial charge in [0, 0.05) is 38.1 Å². The van der Waals surface area contributed by atoms with Gasteiger partial charge in [-0.3, -0.25) is 9.89 Å². The van der Waals surface area contributed by atoms with E-state index in [0.717, 1.165) is 69.5 Å². The highest BCUT2D eigenvalue weighted by Crippen LogP contribution is 2.24. The van der Waals surface area contributed by atoms with E-state index in [2.05, 4.69) is 45.6 Å². The molecular formula is C22H33IN4O2. The Labute approximate surface area is 191 Å². The third-order valence-electron chi connectivity index (χ3n) is 4.75. The molecule has 1 heterocycles. The van der Waals surface area contributed by atoms with Crippen molar-refractivity contribution in [2.75, 3.05) is 59.1 Å². The number of ether oxygens (including phenoxy) is 2. The number of fused-ring (bicyclic) bond motifs is 1. The third-order valence-corrected chi connectivity index (χ3v) is 4.75. The summed E-state index contributed by atoms with van der Waals surface area (Å²) < 4.78 is 11.4. The molecule has 1 fully saturated rings. The van der Waals surface area contributed by atoms with Gasteiger partial charge < -0.3 is 20.1 Å². The maximum Gasteiger partial charge on any atom is 0.191 e. The lowest BCUT2D eigenvalue weighted by atomic mass is 10.1. The minimum Gasteiger partial charge on any atom is -0.491 e. The van der Waals surface area contributed by atoms with Crippen LogP contribution in [0.3, 0.4) is 0 Å². The number of rotatable bonds is 9. The van der Waals surface area contributed by atoms with Crippen molar-refractivity contribution in [3.63, 3.8) is 0 Å². The predicted molar refractivity (Wildman–Crippen MR) is 131 cm³/mol. The number of halogens is 1. The van der Waals surface area contributed by atoms with Crippen LogP contribution in [0.4, 0.5) is 0 Å². The molecule has 0 aromatic heterocycles. The van der Waals surface area contributed by atoms with Crippen molar-refractivity contribution in [2.24, 2.45) is 4.99 Å². The van der Waals surface area contributed by atoms with Gasteiger partial charge in [-0.25, -0.2) is 0 Å². The molecule has 0 amide bonds. The molecule has 1 aliphatic rings. The van der Waals surface area contributed by atoms with Crippen molar-refractivity contribution in [1.82, 2.24) is 15.5 Å². The van der Waals surface area contributed by atoms with Crippen LogP contribution >= 0.6 is 24.0 Å². The van der Waals surface area contributed by atoms with E-state index in [9.17, 15) is 0 Å². The highest BCUT2D eigenvalue weighted by Gasteiger charge is 2.09. The summed E-state index contributed by atoms with van der Waals surface area (Å²) in [7, 11) is 0. The Morgan fingerprint density at radius 1 is 1.10 bits per heavy atom. The SMILES string of the molecule is CCNC(=NCCCN1CCOCC1)NCCOc1cccc2ccccc12.I. The molecule has 2 aromatic rings. The van der Waals surface area contributed by atoms with Gasteiger partial charge in [0.2, 0.25) is 0 Å². The van der Waals surface area contributed by atoms with E-state index in [0.29, 0.717) is 13.2 Å². The number of aliphatic imine (C=N–C) groups is 1. The zero-order valence-corrected chi connectivity index (χ0v) is 19.6. The van der Waals surface area contributed by atoms with Gasteiger partial charge >= 0.3 is 0 Å². The first kappa shape index (κ1) is 23.7. The number of benzene rings is 2. The van der Waals surface area contributed by atoms with Crippen LogP contribution in [0.25, 0.3) is 10.8 Å². The summed E-state index contributed by atoms with van der Waals surface area (Å²) >= 11 is 0. The van der Waals surface area contributed by atoms with Gasteiger partial charge in [-0.1, -0.05) is 36.4 Å². The topological polar surface area (TPSA) is 58.1 Å². The lowest BCUT2D eigenvalue weighted by molar-refractivity contribution is 0.0377. The first-order chi connectivity index (χ1) is 13.9. The molecule has 0 aliphatic carbocycles. The Balaban J connectivity index is 0.00000300. The normalized spacial score (nSPS) is 15.0. The molecule has 0 radical (unpaired) electrons. The smallest absolute Gasteiger partial charge is 0.191 e. The van der Waals surface area contributed by atoms with Crippen LogP contribution in [0.1, 0.15) is 13.3 Å². The maximum absolute atomic E-state index is 5.99. The lowest BCUT2D eigenvalue weighted by Gasteiger charge is -2.26. The largest absolute Gasteiger partial charge is 0.491 e. The minimum atomic E-state index is 0. The fraction of sp³-hybridized carbons (Fsp3) is 0.500. The molecule has 1 saturated heterocycles. The maximum atomic E-state index is 5.99. The van der Waals surface area contributed by atoms with Crippen molar-refractivity contribution in [3.8, 4) is 5.75 Å². The average molecular weight is 512 g/mol. The Bertz CT molecular complexity index is 745. The number of nitrogens with zero attached hydrogens (tertiary/aromatic N) is 2. The van der Waals surface area contributed by atoms with E-state index in [1.54, 1.807) is 0 Å². The summed E-state index contributed by atoms with van der Waals surface area (Å²) in [5.74, 6) is 1.78. The summed E-state index contributed by atoms with van der Waals surface area (Å²) in [5, 5.41) is 9.00. The van der Waals surface area contributed by atoms with Crippen molar-refractivity contribution in [1.29, 1.82) is 0 Å². The summed E-state index contributed by atoms with van der Waals surface area (Å²) in [5.41, 5.74) is 0. The number of hydrogen-bond donors (Lipinski definition) is 2. The zero-order valence-electron chi connectivity index (χ0n) is 17.2. The molecule has 3 rings (SSSR count). The molecule has 0 saturated carbocycles. The van der Waals surface area contributed by atoms with E-state index in [1.165, 1.54) is 5.39 Å².